The van der Waals surface area contributed by atoms with Crippen LogP contribution in [0.2, 0.25) is 0 Å². The van der Waals surface area contributed by atoms with Crippen molar-refractivity contribution in [2.45, 2.75) is 58.8 Å². The second-order valence-corrected chi connectivity index (χ2v) is 9.71. The molecule has 4 heteroatoms. The summed E-state index contributed by atoms with van der Waals surface area (Å²) in [4.78, 5) is 0. The Balaban J connectivity index is 1.40. The van der Waals surface area contributed by atoms with Crippen molar-refractivity contribution in [2.24, 2.45) is 17.8 Å². The third-order valence-corrected chi connectivity index (χ3v) is 7.26. The highest BCUT2D eigenvalue weighted by Crippen LogP contribution is 2.42. The molecule has 34 heavy (non-hydrogen) atoms. The Morgan fingerprint density at radius 3 is 2.26 bits per heavy atom. The molecule has 0 amide bonds. The van der Waals surface area contributed by atoms with Crippen molar-refractivity contribution in [2.75, 3.05) is 0 Å². The van der Waals surface area contributed by atoms with E-state index in [1.807, 2.05) is 36.4 Å². The van der Waals surface area contributed by atoms with Crippen LogP contribution >= 0.6 is 0 Å². The van der Waals surface area contributed by atoms with Crippen LogP contribution in [0, 0.1) is 29.4 Å². The predicted octanol–water partition coefficient (Wildman–Crippen LogP) is 9.52. The van der Waals surface area contributed by atoms with Gasteiger partial charge in [-0.25, -0.2) is 17.6 Å². The molecule has 0 nitrogen and oxygen atoms in total. The van der Waals surface area contributed by atoms with Gasteiger partial charge in [0.05, 0.1) is 0 Å². The molecule has 0 saturated heterocycles. The lowest BCUT2D eigenvalue weighted by Gasteiger charge is -2.30. The van der Waals surface area contributed by atoms with Crippen LogP contribution in [0.4, 0.5) is 17.6 Å². The van der Waals surface area contributed by atoms with Crippen molar-refractivity contribution in [3.8, 4) is 11.1 Å². The van der Waals surface area contributed by atoms with Crippen molar-refractivity contribution in [3.05, 3.63) is 88.5 Å². The van der Waals surface area contributed by atoms with Gasteiger partial charge in [-0.3, -0.25) is 0 Å². The molecule has 2 aromatic rings. The van der Waals surface area contributed by atoms with Gasteiger partial charge >= 0.3 is 0 Å². The summed E-state index contributed by atoms with van der Waals surface area (Å²) >= 11 is 0. The van der Waals surface area contributed by atoms with E-state index in [2.05, 4.69) is 6.92 Å². The lowest BCUT2D eigenvalue weighted by molar-refractivity contribution is 0.330. The SMILES string of the molecule is CCCc1ccc(-c2ccc(/C=C/C3CCC(C4=CCC(C)C(F)=C4F)CC3)c(F)c2F)cc1. The first-order valence-corrected chi connectivity index (χ1v) is 12.4. The third-order valence-electron chi connectivity index (χ3n) is 7.26. The van der Waals surface area contributed by atoms with Crippen LogP contribution in [0.3, 0.4) is 0 Å². The number of benzene rings is 2. The molecule has 1 fully saturated rings. The standard InChI is InChI=1S/C30H32F4/c1-3-4-20-6-11-23(12-7-20)26-18-16-24(28(32)30(26)34)15-10-21-8-13-22(14-9-21)25-17-5-19(2)27(31)29(25)33/h6-7,10-12,15-19,21-22H,3-5,8-9,13-14H2,1-2H3/b15-10+. The molecule has 1 atom stereocenters. The van der Waals surface area contributed by atoms with Gasteiger partial charge in [-0.2, -0.15) is 0 Å². The van der Waals surface area contributed by atoms with E-state index in [0.29, 0.717) is 17.6 Å². The minimum atomic E-state index is -0.843. The molecule has 0 spiro atoms. The second-order valence-electron chi connectivity index (χ2n) is 9.71. The Morgan fingerprint density at radius 2 is 1.59 bits per heavy atom. The van der Waals surface area contributed by atoms with Gasteiger partial charge in [-0.15, -0.1) is 0 Å². The summed E-state index contributed by atoms with van der Waals surface area (Å²) in [6.45, 7) is 3.80. The van der Waals surface area contributed by atoms with Crippen molar-refractivity contribution < 1.29 is 17.6 Å². The molecule has 2 aliphatic rings. The van der Waals surface area contributed by atoms with Crippen LogP contribution in [0.25, 0.3) is 17.2 Å². The zero-order valence-corrected chi connectivity index (χ0v) is 19.9. The molecule has 1 unspecified atom stereocenters. The van der Waals surface area contributed by atoms with Gasteiger partial charge in [-0.05, 0) is 67.1 Å². The fourth-order valence-electron chi connectivity index (χ4n) is 5.12. The molecule has 0 aromatic heterocycles. The molecule has 2 aliphatic carbocycles. The topological polar surface area (TPSA) is 0 Å². The normalized spacial score (nSPS) is 23.5. The fourth-order valence-corrected chi connectivity index (χ4v) is 5.12. The van der Waals surface area contributed by atoms with Crippen LogP contribution in [-0.2, 0) is 6.42 Å². The molecular weight excluding hydrogens is 436 g/mol. The molecule has 0 bridgehead atoms. The number of halogens is 4. The van der Waals surface area contributed by atoms with Gasteiger partial charge in [0, 0.05) is 17.0 Å². The van der Waals surface area contributed by atoms with Crippen molar-refractivity contribution in [1.29, 1.82) is 0 Å². The molecule has 0 heterocycles. The highest BCUT2D eigenvalue weighted by Gasteiger charge is 2.30. The van der Waals surface area contributed by atoms with E-state index in [-0.39, 0.29) is 28.9 Å². The average Bonchev–Trinajstić information content (AvgIpc) is 2.85. The molecule has 0 aliphatic heterocycles. The van der Waals surface area contributed by atoms with Crippen LogP contribution in [0.15, 0.2) is 65.8 Å². The maximum Gasteiger partial charge on any atom is 0.167 e. The number of hydrogen-bond donors (Lipinski definition) is 0. The van der Waals surface area contributed by atoms with E-state index >= 15 is 0 Å². The van der Waals surface area contributed by atoms with E-state index in [4.69, 9.17) is 0 Å². The van der Waals surface area contributed by atoms with Gasteiger partial charge in [0.25, 0.3) is 0 Å². The lowest BCUT2D eigenvalue weighted by Crippen LogP contribution is -2.18. The summed E-state index contributed by atoms with van der Waals surface area (Å²) in [6, 6.07) is 10.8. The smallest absolute Gasteiger partial charge is 0.167 e. The van der Waals surface area contributed by atoms with E-state index < -0.39 is 23.3 Å². The minimum Gasteiger partial charge on any atom is -0.208 e. The van der Waals surface area contributed by atoms with Crippen molar-refractivity contribution in [3.63, 3.8) is 0 Å². The van der Waals surface area contributed by atoms with Crippen LogP contribution in [-0.4, -0.2) is 0 Å². The lowest BCUT2D eigenvalue weighted by atomic mass is 9.76. The Morgan fingerprint density at radius 1 is 0.882 bits per heavy atom. The largest absolute Gasteiger partial charge is 0.208 e. The first-order chi connectivity index (χ1) is 16.4. The van der Waals surface area contributed by atoms with E-state index in [1.165, 1.54) is 5.56 Å². The van der Waals surface area contributed by atoms with E-state index in [0.717, 1.165) is 38.5 Å². The van der Waals surface area contributed by atoms with Crippen LogP contribution < -0.4 is 0 Å². The summed E-state index contributed by atoms with van der Waals surface area (Å²) < 4.78 is 58.0. The highest BCUT2D eigenvalue weighted by atomic mass is 19.2. The number of aryl methyl sites for hydroxylation is 1. The molecular formula is C30H32F4. The average molecular weight is 469 g/mol. The Labute approximate surface area is 200 Å². The maximum atomic E-state index is 14.8. The summed E-state index contributed by atoms with van der Waals surface area (Å²) in [7, 11) is 0. The van der Waals surface area contributed by atoms with E-state index in [1.54, 1.807) is 25.1 Å². The summed E-state index contributed by atoms with van der Waals surface area (Å²) in [5, 5.41) is 0. The van der Waals surface area contributed by atoms with Crippen molar-refractivity contribution >= 4 is 6.08 Å². The summed E-state index contributed by atoms with van der Waals surface area (Å²) in [5.41, 5.74) is 2.85. The minimum absolute atomic E-state index is 0.0279. The molecule has 4 rings (SSSR count). The summed E-state index contributed by atoms with van der Waals surface area (Å²) in [5.74, 6) is -3.12. The predicted molar refractivity (Wildman–Crippen MR) is 131 cm³/mol. The third kappa shape index (κ3) is 5.21. The highest BCUT2D eigenvalue weighted by molar-refractivity contribution is 5.67. The molecule has 180 valence electrons. The maximum absolute atomic E-state index is 14.8. The van der Waals surface area contributed by atoms with Gasteiger partial charge < -0.3 is 0 Å². The second kappa shape index (κ2) is 10.8. The zero-order chi connectivity index (χ0) is 24.2. The Kier molecular flexibility index (Phi) is 7.75. The van der Waals surface area contributed by atoms with Crippen LogP contribution in [0.1, 0.15) is 63.5 Å². The number of rotatable bonds is 6. The van der Waals surface area contributed by atoms with Crippen molar-refractivity contribution in [1.82, 2.24) is 0 Å². The Hall–Kier alpha value is -2.62. The summed E-state index contributed by atoms with van der Waals surface area (Å²) in [6.07, 6.45) is 11.1. The number of hydrogen-bond acceptors (Lipinski definition) is 0. The number of allylic oxidation sites excluding steroid dienone is 5. The van der Waals surface area contributed by atoms with Crippen LogP contribution in [0.5, 0.6) is 0 Å². The van der Waals surface area contributed by atoms with Gasteiger partial charge in [0.2, 0.25) is 0 Å². The quantitative estimate of drug-likeness (QED) is 0.370. The van der Waals surface area contributed by atoms with Gasteiger partial charge in [-0.1, -0.05) is 74.9 Å². The Bertz CT molecular complexity index is 1100. The molecule has 0 N–H and O–H groups in total. The van der Waals surface area contributed by atoms with E-state index in [9.17, 15) is 17.6 Å². The zero-order valence-electron chi connectivity index (χ0n) is 19.9. The first kappa shape index (κ1) is 24.5. The first-order valence-electron chi connectivity index (χ1n) is 12.4. The van der Waals surface area contributed by atoms with Gasteiger partial charge in [0.15, 0.2) is 17.5 Å². The molecule has 1 saturated carbocycles. The fraction of sp³-hybridized carbons (Fsp3) is 0.400. The molecule has 2 aromatic carbocycles. The van der Waals surface area contributed by atoms with Gasteiger partial charge in [0.1, 0.15) is 5.83 Å². The monoisotopic (exact) mass is 468 g/mol. The molecule has 0 radical (unpaired) electrons.